The third-order valence-corrected chi connectivity index (χ3v) is 2.95. The van der Waals surface area contributed by atoms with Gasteiger partial charge in [-0.15, -0.1) is 0 Å². The quantitative estimate of drug-likeness (QED) is 0.800. The first kappa shape index (κ1) is 12.9. The average Bonchev–Trinajstić information content (AvgIpc) is 2.53. The fourth-order valence-corrected chi connectivity index (χ4v) is 2.25. The van der Waals surface area contributed by atoms with Crippen molar-refractivity contribution in [2.75, 3.05) is 0 Å². The minimum Gasteiger partial charge on any atom is -0.444 e. The molecule has 4 heteroatoms. The van der Waals surface area contributed by atoms with Crippen LogP contribution in [0, 0.1) is 0 Å². The van der Waals surface area contributed by atoms with E-state index < -0.39 is 11.7 Å². The average molecular weight is 248 g/mol. The molecule has 98 valence electrons. The highest BCUT2D eigenvalue weighted by Gasteiger charge is 2.31. The summed E-state index contributed by atoms with van der Waals surface area (Å²) in [5, 5.41) is 2.86. The minimum absolute atomic E-state index is 0.0880. The van der Waals surface area contributed by atoms with Gasteiger partial charge < -0.3 is 15.8 Å². The lowest BCUT2D eigenvalue weighted by atomic mass is 10.1. The molecule has 18 heavy (non-hydrogen) atoms. The molecule has 0 spiro atoms. The lowest BCUT2D eigenvalue weighted by Crippen LogP contribution is -2.41. The topological polar surface area (TPSA) is 64.3 Å². The van der Waals surface area contributed by atoms with Gasteiger partial charge in [0.1, 0.15) is 5.60 Å². The molecule has 0 saturated carbocycles. The second-order valence-corrected chi connectivity index (χ2v) is 5.69. The first-order valence-corrected chi connectivity index (χ1v) is 6.20. The lowest BCUT2D eigenvalue weighted by Gasteiger charge is -2.23. The predicted molar refractivity (Wildman–Crippen MR) is 70.2 cm³/mol. The van der Waals surface area contributed by atoms with Gasteiger partial charge in [-0.1, -0.05) is 24.3 Å². The van der Waals surface area contributed by atoms with Gasteiger partial charge in [-0.2, -0.15) is 0 Å². The molecule has 1 aromatic carbocycles. The van der Waals surface area contributed by atoms with Crippen molar-refractivity contribution in [3.8, 4) is 0 Å². The number of carbonyl (C=O) groups excluding carboxylic acids is 1. The van der Waals surface area contributed by atoms with Gasteiger partial charge in [0, 0.05) is 6.04 Å². The van der Waals surface area contributed by atoms with Crippen LogP contribution in [0.3, 0.4) is 0 Å². The first-order valence-electron chi connectivity index (χ1n) is 6.20. The highest BCUT2D eigenvalue weighted by Crippen LogP contribution is 2.30. The number of hydrogen-bond donors (Lipinski definition) is 2. The van der Waals surface area contributed by atoms with Gasteiger partial charge in [-0.05, 0) is 38.3 Å². The molecule has 1 unspecified atom stereocenters. The summed E-state index contributed by atoms with van der Waals surface area (Å²) in [4.78, 5) is 11.8. The number of nitrogens with one attached hydrogen (secondary N) is 1. The summed E-state index contributed by atoms with van der Waals surface area (Å²) in [6.07, 6.45) is 0.371. The molecule has 1 aliphatic carbocycles. The van der Waals surface area contributed by atoms with E-state index in [4.69, 9.17) is 10.5 Å². The minimum atomic E-state index is -0.494. The summed E-state index contributed by atoms with van der Waals surface area (Å²) in [6.45, 7) is 5.53. The van der Waals surface area contributed by atoms with Crippen molar-refractivity contribution >= 4 is 6.09 Å². The van der Waals surface area contributed by atoms with E-state index in [0.717, 1.165) is 12.0 Å². The third kappa shape index (κ3) is 2.82. The molecular formula is C14H20N2O2. The Kier molecular flexibility index (Phi) is 3.30. The monoisotopic (exact) mass is 248 g/mol. The molecule has 3 N–H and O–H groups in total. The molecule has 0 bridgehead atoms. The number of carbonyl (C=O) groups is 1. The van der Waals surface area contributed by atoms with Gasteiger partial charge in [0.15, 0.2) is 0 Å². The van der Waals surface area contributed by atoms with Crippen LogP contribution in [0.15, 0.2) is 24.3 Å². The molecule has 0 fully saturated rings. The maximum Gasteiger partial charge on any atom is 0.408 e. The summed E-state index contributed by atoms with van der Waals surface area (Å²) in [6, 6.07) is 7.75. The summed E-state index contributed by atoms with van der Waals surface area (Å²) in [7, 11) is 0. The van der Waals surface area contributed by atoms with Crippen molar-refractivity contribution in [2.24, 2.45) is 5.73 Å². The Morgan fingerprint density at radius 3 is 2.72 bits per heavy atom. The summed E-state index contributed by atoms with van der Waals surface area (Å²) < 4.78 is 5.26. The Morgan fingerprint density at radius 2 is 2.06 bits per heavy atom. The first-order chi connectivity index (χ1) is 8.37. The Labute approximate surface area is 108 Å². The van der Waals surface area contributed by atoms with Crippen LogP contribution >= 0.6 is 0 Å². The number of nitrogens with two attached hydrogens (primary N) is 1. The molecule has 0 aliphatic heterocycles. The molecule has 1 aromatic rings. The van der Waals surface area contributed by atoms with Crippen molar-refractivity contribution < 1.29 is 9.53 Å². The number of alkyl carbamates (subject to hydrolysis) is 1. The molecule has 0 aromatic heterocycles. The molecule has 4 nitrogen and oxygen atoms in total. The van der Waals surface area contributed by atoms with Crippen LogP contribution in [0.2, 0.25) is 0 Å². The van der Waals surface area contributed by atoms with Crippen LogP contribution in [-0.2, 0) is 11.2 Å². The lowest BCUT2D eigenvalue weighted by molar-refractivity contribution is 0.0499. The molecule has 1 amide bonds. The van der Waals surface area contributed by atoms with E-state index in [2.05, 4.69) is 5.32 Å². The van der Waals surface area contributed by atoms with E-state index in [0.29, 0.717) is 0 Å². The molecule has 0 heterocycles. The van der Waals surface area contributed by atoms with E-state index in [1.165, 1.54) is 5.56 Å². The van der Waals surface area contributed by atoms with Crippen LogP contribution in [0.5, 0.6) is 0 Å². The van der Waals surface area contributed by atoms with Crippen LogP contribution in [-0.4, -0.2) is 17.7 Å². The predicted octanol–water partition coefficient (Wildman–Crippen LogP) is 2.14. The molecule has 0 saturated heterocycles. The fourth-order valence-electron chi connectivity index (χ4n) is 2.25. The van der Waals surface area contributed by atoms with Crippen molar-refractivity contribution in [3.05, 3.63) is 35.4 Å². The highest BCUT2D eigenvalue weighted by molar-refractivity contribution is 5.69. The van der Waals surface area contributed by atoms with E-state index in [1.54, 1.807) is 0 Å². The van der Waals surface area contributed by atoms with Crippen molar-refractivity contribution in [1.82, 2.24) is 5.32 Å². The Morgan fingerprint density at radius 1 is 1.39 bits per heavy atom. The van der Waals surface area contributed by atoms with Gasteiger partial charge in [-0.3, -0.25) is 0 Å². The fraction of sp³-hybridized carbons (Fsp3) is 0.500. The van der Waals surface area contributed by atoms with Crippen LogP contribution in [0.1, 0.15) is 37.9 Å². The zero-order valence-corrected chi connectivity index (χ0v) is 11.1. The smallest absolute Gasteiger partial charge is 0.408 e. The number of benzene rings is 1. The summed E-state index contributed by atoms with van der Waals surface area (Å²) >= 11 is 0. The molecule has 2 rings (SSSR count). The zero-order chi connectivity index (χ0) is 13.3. The van der Waals surface area contributed by atoms with E-state index in [-0.39, 0.29) is 12.1 Å². The van der Waals surface area contributed by atoms with Gasteiger partial charge in [-0.25, -0.2) is 4.79 Å². The number of hydrogen-bond acceptors (Lipinski definition) is 3. The van der Waals surface area contributed by atoms with Crippen molar-refractivity contribution in [2.45, 2.75) is 44.9 Å². The largest absolute Gasteiger partial charge is 0.444 e. The van der Waals surface area contributed by atoms with Gasteiger partial charge in [0.05, 0.1) is 6.04 Å². The Bertz CT molecular complexity index is 451. The third-order valence-electron chi connectivity index (χ3n) is 2.95. The van der Waals surface area contributed by atoms with E-state index >= 15 is 0 Å². The van der Waals surface area contributed by atoms with E-state index in [1.807, 2.05) is 45.0 Å². The summed E-state index contributed by atoms with van der Waals surface area (Å²) in [5.74, 6) is 0. The number of ether oxygens (including phenoxy) is 1. The number of amides is 1. The van der Waals surface area contributed by atoms with E-state index in [9.17, 15) is 4.79 Å². The SMILES string of the molecule is CC(C)(C)OC(=O)N[C@@H]1c2ccccc2CC1N. The molecule has 1 aliphatic rings. The summed E-state index contributed by atoms with van der Waals surface area (Å²) in [5.41, 5.74) is 7.87. The Balaban J connectivity index is 2.08. The van der Waals surface area contributed by atoms with Crippen LogP contribution in [0.4, 0.5) is 4.79 Å². The highest BCUT2D eigenvalue weighted by atomic mass is 16.6. The zero-order valence-electron chi connectivity index (χ0n) is 11.1. The molecule has 2 atom stereocenters. The van der Waals surface area contributed by atoms with Gasteiger partial charge in [0.2, 0.25) is 0 Å². The Hall–Kier alpha value is -1.55. The van der Waals surface area contributed by atoms with Crippen LogP contribution in [0.25, 0.3) is 0 Å². The van der Waals surface area contributed by atoms with Crippen molar-refractivity contribution in [1.29, 1.82) is 0 Å². The second kappa shape index (κ2) is 4.61. The van der Waals surface area contributed by atoms with Crippen molar-refractivity contribution in [3.63, 3.8) is 0 Å². The van der Waals surface area contributed by atoms with Gasteiger partial charge >= 0.3 is 6.09 Å². The standard InChI is InChI=1S/C14H20N2O2/c1-14(2,3)18-13(17)16-12-10-7-5-4-6-9(10)8-11(12)15/h4-7,11-12H,8,15H2,1-3H3,(H,16,17)/t11?,12-/m1/s1. The van der Waals surface area contributed by atoms with Gasteiger partial charge in [0.25, 0.3) is 0 Å². The number of rotatable bonds is 1. The maximum atomic E-state index is 11.8. The normalized spacial score (nSPS) is 22.4. The van der Waals surface area contributed by atoms with Crippen LogP contribution < -0.4 is 11.1 Å². The molecule has 0 radical (unpaired) electrons. The number of fused-ring (bicyclic) bond motifs is 1. The second-order valence-electron chi connectivity index (χ2n) is 5.69. The maximum absolute atomic E-state index is 11.8. The molecular weight excluding hydrogens is 228 g/mol.